The van der Waals surface area contributed by atoms with Gasteiger partial charge in [-0.1, -0.05) is 214 Å². The summed E-state index contributed by atoms with van der Waals surface area (Å²) in [7, 11) is -4.77. The molecule has 0 saturated heterocycles. The number of allylic oxidation sites excluding steroid dienone is 16. The van der Waals surface area contributed by atoms with Crippen molar-refractivity contribution >= 4 is 25.7 Å². The number of unbranched alkanes of at least 4 members (excludes halogenated alkanes) is 18. The van der Waals surface area contributed by atoms with E-state index in [1.54, 1.807) is 0 Å². The van der Waals surface area contributed by atoms with Crippen molar-refractivity contribution in [3.8, 4) is 0 Å². The summed E-state index contributed by atoms with van der Waals surface area (Å²) < 4.78 is 39.4. The number of carbonyl (C=O) groups is 3. The van der Waals surface area contributed by atoms with Gasteiger partial charge in [-0.2, -0.15) is 0 Å². The van der Waals surface area contributed by atoms with E-state index in [9.17, 15) is 28.9 Å². The van der Waals surface area contributed by atoms with Gasteiger partial charge in [0.1, 0.15) is 12.7 Å². The topological polar surface area (TPSA) is 155 Å². The van der Waals surface area contributed by atoms with Crippen LogP contribution in [0.15, 0.2) is 97.2 Å². The van der Waals surface area contributed by atoms with Crippen LogP contribution in [0.4, 0.5) is 0 Å². The lowest BCUT2D eigenvalue weighted by molar-refractivity contribution is -0.161. The summed E-state index contributed by atoms with van der Waals surface area (Å²) in [6.07, 6.45) is 62.3. The number of phosphoric ester groups is 1. The highest BCUT2D eigenvalue weighted by Gasteiger charge is 2.28. The highest BCUT2D eigenvalue weighted by atomic mass is 31.2. The molecule has 12 heteroatoms. The standard InChI is InChI=1S/C60H101O11P/c1-4-7-10-13-16-19-22-24-26-28-30-32-35-38-41-44-47-50-59(63)70-56(52-61)54-68-72(65,66)69-55-57(53-67-58(62)49-46-43-40-37-34-21-18-15-12-9-6-3)71-60(64)51-48-45-42-39-36-33-31-29-27-25-23-20-17-14-11-8-5-2/h7-8,10-11,16-17,19-20,24-27,31,33,39,42,56-57,61H,4-6,9,12-15,18,21-23,28-30,32,34-38,40-41,43-55H2,1-3H3,(H,65,66)/b10-7-,11-8-,19-16-,20-17-,26-24-,27-25-,33-31-,42-39-. The fourth-order valence-electron chi connectivity index (χ4n) is 7.29. The van der Waals surface area contributed by atoms with E-state index in [0.717, 1.165) is 103 Å². The number of aliphatic hydroxyl groups excluding tert-OH is 1. The van der Waals surface area contributed by atoms with Gasteiger partial charge in [-0.15, -0.1) is 0 Å². The Kier molecular flexibility index (Phi) is 51.0. The van der Waals surface area contributed by atoms with Crippen LogP contribution in [0.5, 0.6) is 0 Å². The van der Waals surface area contributed by atoms with Crippen LogP contribution in [0.25, 0.3) is 0 Å². The summed E-state index contributed by atoms with van der Waals surface area (Å²) in [5.74, 6) is -1.55. The minimum Gasteiger partial charge on any atom is -0.462 e. The Morgan fingerprint density at radius 3 is 1.17 bits per heavy atom. The summed E-state index contributed by atoms with van der Waals surface area (Å²) >= 11 is 0. The van der Waals surface area contributed by atoms with Crippen molar-refractivity contribution in [2.75, 3.05) is 26.4 Å². The zero-order valence-corrected chi connectivity index (χ0v) is 46.3. The number of aliphatic hydroxyl groups is 1. The predicted octanol–water partition coefficient (Wildman–Crippen LogP) is 16.5. The number of carbonyl (C=O) groups excluding carboxylic acids is 3. The van der Waals surface area contributed by atoms with Crippen LogP contribution in [0.2, 0.25) is 0 Å². The quantitative estimate of drug-likeness (QED) is 0.0197. The number of phosphoric acid groups is 1. The molecule has 0 heterocycles. The van der Waals surface area contributed by atoms with E-state index in [1.165, 1.54) is 57.8 Å². The van der Waals surface area contributed by atoms with Gasteiger partial charge in [0.25, 0.3) is 0 Å². The number of hydrogen-bond acceptors (Lipinski definition) is 10. The third-order valence-corrected chi connectivity index (χ3v) is 12.5. The van der Waals surface area contributed by atoms with Gasteiger partial charge in [0, 0.05) is 19.3 Å². The molecule has 11 nitrogen and oxygen atoms in total. The summed E-state index contributed by atoms with van der Waals surface area (Å²) in [5, 5.41) is 9.81. The third-order valence-electron chi connectivity index (χ3n) is 11.5. The average molecular weight is 1030 g/mol. The predicted molar refractivity (Wildman–Crippen MR) is 297 cm³/mol. The lowest BCUT2D eigenvalue weighted by Gasteiger charge is -2.21. The first-order valence-electron chi connectivity index (χ1n) is 28.1. The van der Waals surface area contributed by atoms with Crippen LogP contribution in [0, 0.1) is 0 Å². The largest absolute Gasteiger partial charge is 0.472 e. The molecule has 0 aliphatic heterocycles. The lowest BCUT2D eigenvalue weighted by atomic mass is 10.1. The van der Waals surface area contributed by atoms with E-state index < -0.39 is 57.8 Å². The first kappa shape index (κ1) is 68.4. The Morgan fingerprint density at radius 2 is 0.736 bits per heavy atom. The monoisotopic (exact) mass is 1030 g/mol. The summed E-state index contributed by atoms with van der Waals surface area (Å²) in [5.41, 5.74) is 0. The highest BCUT2D eigenvalue weighted by molar-refractivity contribution is 7.47. The molecule has 0 saturated carbocycles. The van der Waals surface area contributed by atoms with E-state index in [-0.39, 0.29) is 25.9 Å². The van der Waals surface area contributed by atoms with Crippen LogP contribution in [0.3, 0.4) is 0 Å². The molecule has 412 valence electrons. The van der Waals surface area contributed by atoms with Gasteiger partial charge in [-0.25, -0.2) is 4.57 Å². The molecule has 0 radical (unpaired) electrons. The average Bonchev–Trinajstić information content (AvgIpc) is 3.37. The number of ether oxygens (including phenoxy) is 3. The first-order valence-corrected chi connectivity index (χ1v) is 29.6. The molecule has 72 heavy (non-hydrogen) atoms. The highest BCUT2D eigenvalue weighted by Crippen LogP contribution is 2.43. The van der Waals surface area contributed by atoms with Crippen molar-refractivity contribution in [3.63, 3.8) is 0 Å². The Hall–Kier alpha value is -3.60. The van der Waals surface area contributed by atoms with Crippen molar-refractivity contribution in [1.29, 1.82) is 0 Å². The van der Waals surface area contributed by atoms with Gasteiger partial charge < -0.3 is 24.2 Å². The van der Waals surface area contributed by atoms with Gasteiger partial charge in [0.05, 0.1) is 19.8 Å². The summed E-state index contributed by atoms with van der Waals surface area (Å²) in [6, 6.07) is 0. The van der Waals surface area contributed by atoms with E-state index in [1.807, 2.05) is 12.2 Å². The summed E-state index contributed by atoms with van der Waals surface area (Å²) in [4.78, 5) is 48.4. The Balaban J connectivity index is 4.77. The fourth-order valence-corrected chi connectivity index (χ4v) is 8.07. The molecule has 0 aromatic heterocycles. The van der Waals surface area contributed by atoms with E-state index in [2.05, 4.69) is 106 Å². The minimum absolute atomic E-state index is 0.0863. The Bertz CT molecular complexity index is 1580. The van der Waals surface area contributed by atoms with E-state index in [4.69, 9.17) is 23.3 Å². The van der Waals surface area contributed by atoms with Crippen molar-refractivity contribution < 1.29 is 52.2 Å². The third kappa shape index (κ3) is 51.3. The van der Waals surface area contributed by atoms with Gasteiger partial charge in [-0.3, -0.25) is 23.4 Å². The maximum absolute atomic E-state index is 12.9. The Labute approximate surface area is 438 Å². The van der Waals surface area contributed by atoms with Crippen LogP contribution < -0.4 is 0 Å². The van der Waals surface area contributed by atoms with Gasteiger partial charge in [-0.05, 0) is 89.9 Å². The molecule has 0 rings (SSSR count). The molecule has 0 spiro atoms. The molecule has 0 fully saturated rings. The smallest absolute Gasteiger partial charge is 0.462 e. The molecule has 0 amide bonds. The van der Waals surface area contributed by atoms with Crippen molar-refractivity contribution in [2.45, 2.75) is 238 Å². The second kappa shape index (κ2) is 53.7. The maximum Gasteiger partial charge on any atom is 0.472 e. The first-order chi connectivity index (χ1) is 35.2. The maximum atomic E-state index is 12.9. The molecule has 3 atom stereocenters. The van der Waals surface area contributed by atoms with Crippen LogP contribution in [-0.2, 0) is 42.2 Å². The zero-order valence-electron chi connectivity index (χ0n) is 45.4. The van der Waals surface area contributed by atoms with Crippen LogP contribution in [-0.4, -0.2) is 66.5 Å². The van der Waals surface area contributed by atoms with Crippen molar-refractivity contribution in [1.82, 2.24) is 0 Å². The van der Waals surface area contributed by atoms with Crippen molar-refractivity contribution in [3.05, 3.63) is 97.2 Å². The molecule has 0 aromatic carbocycles. The van der Waals surface area contributed by atoms with E-state index in [0.29, 0.717) is 25.7 Å². The minimum atomic E-state index is -4.77. The van der Waals surface area contributed by atoms with Crippen molar-refractivity contribution in [2.24, 2.45) is 0 Å². The number of esters is 3. The molecule has 3 unspecified atom stereocenters. The fraction of sp³-hybridized carbons (Fsp3) is 0.683. The number of rotatable bonds is 51. The SMILES string of the molecule is CC/C=C\C/C=C\C/C=C\C/C=C\C/C=C\CCCC(=O)OC(COC(=O)CCCCCCCCCCCCC)COP(=O)(O)OCC(CO)OC(=O)CCCCCCCCC/C=C\C/C=C\C/C=C\CC. The number of hydrogen-bond donors (Lipinski definition) is 2. The molecule has 0 aromatic rings. The Morgan fingerprint density at radius 1 is 0.403 bits per heavy atom. The lowest BCUT2D eigenvalue weighted by Crippen LogP contribution is -2.30. The molecule has 0 aliphatic carbocycles. The molecule has 0 aliphatic rings. The second-order valence-electron chi connectivity index (χ2n) is 18.3. The normalized spacial score (nSPS) is 14.1. The second-order valence-corrected chi connectivity index (χ2v) is 19.8. The van der Waals surface area contributed by atoms with Gasteiger partial charge >= 0.3 is 25.7 Å². The van der Waals surface area contributed by atoms with Crippen LogP contribution >= 0.6 is 7.82 Å². The van der Waals surface area contributed by atoms with Crippen LogP contribution in [0.1, 0.15) is 226 Å². The summed E-state index contributed by atoms with van der Waals surface area (Å²) in [6.45, 7) is 4.33. The van der Waals surface area contributed by atoms with Gasteiger partial charge in [0.15, 0.2) is 6.10 Å². The molecular formula is C60H101O11P. The molecule has 2 N–H and O–H groups in total. The molecule has 0 bridgehead atoms. The van der Waals surface area contributed by atoms with E-state index >= 15 is 0 Å². The zero-order chi connectivity index (χ0) is 52.7. The molecular weight excluding hydrogens is 928 g/mol. The van der Waals surface area contributed by atoms with Gasteiger partial charge in [0.2, 0.25) is 0 Å².